The lowest BCUT2D eigenvalue weighted by Crippen LogP contribution is -2.47. The van der Waals surface area contributed by atoms with Crippen LogP contribution in [0.2, 0.25) is 0 Å². The Morgan fingerprint density at radius 2 is 2.06 bits per heavy atom. The van der Waals surface area contributed by atoms with Gasteiger partial charge >= 0.3 is 0 Å². The molecular formula is C14H20N2O. The Kier molecular flexibility index (Phi) is 3.14. The van der Waals surface area contributed by atoms with E-state index >= 15 is 0 Å². The standard InChI is InChI=1S/C14H20N2O/c17-14-6-7-15-13-10-16(9-12(13)14)8-11-4-2-1-3-5-11/h1-5,12-15,17H,6-10H2. The molecule has 2 aliphatic rings. The minimum Gasteiger partial charge on any atom is -0.393 e. The molecule has 92 valence electrons. The first-order valence-corrected chi connectivity index (χ1v) is 6.50. The first-order valence-electron chi connectivity index (χ1n) is 6.50. The second-order valence-corrected chi connectivity index (χ2v) is 5.26. The van der Waals surface area contributed by atoms with Gasteiger partial charge in [0, 0.05) is 31.6 Å². The third-order valence-corrected chi connectivity index (χ3v) is 4.03. The van der Waals surface area contributed by atoms with Gasteiger partial charge in [0.1, 0.15) is 0 Å². The van der Waals surface area contributed by atoms with E-state index in [9.17, 15) is 5.11 Å². The number of aliphatic hydroxyl groups excluding tert-OH is 1. The van der Waals surface area contributed by atoms with Crippen molar-refractivity contribution in [2.75, 3.05) is 19.6 Å². The van der Waals surface area contributed by atoms with Crippen molar-refractivity contribution in [3.8, 4) is 0 Å². The Balaban J connectivity index is 1.64. The van der Waals surface area contributed by atoms with E-state index in [0.29, 0.717) is 12.0 Å². The fourth-order valence-electron chi connectivity index (χ4n) is 3.12. The van der Waals surface area contributed by atoms with Gasteiger partial charge in [-0.05, 0) is 18.5 Å². The lowest BCUT2D eigenvalue weighted by atomic mass is 9.91. The van der Waals surface area contributed by atoms with Gasteiger partial charge in [-0.25, -0.2) is 0 Å². The van der Waals surface area contributed by atoms with Crippen LogP contribution in [0.15, 0.2) is 30.3 Å². The van der Waals surface area contributed by atoms with E-state index in [1.165, 1.54) is 5.56 Å². The molecule has 3 nitrogen and oxygen atoms in total. The van der Waals surface area contributed by atoms with Crippen molar-refractivity contribution in [2.24, 2.45) is 5.92 Å². The number of piperidine rings is 1. The number of rotatable bonds is 2. The Morgan fingerprint density at radius 3 is 2.82 bits per heavy atom. The summed E-state index contributed by atoms with van der Waals surface area (Å²) in [5, 5.41) is 13.5. The van der Waals surface area contributed by atoms with Gasteiger partial charge in [0.05, 0.1) is 6.10 Å². The van der Waals surface area contributed by atoms with Gasteiger partial charge in [0.2, 0.25) is 0 Å². The van der Waals surface area contributed by atoms with Crippen molar-refractivity contribution in [1.29, 1.82) is 0 Å². The molecule has 0 amide bonds. The summed E-state index contributed by atoms with van der Waals surface area (Å²) in [6.07, 6.45) is 0.794. The van der Waals surface area contributed by atoms with Crippen LogP contribution in [0.3, 0.4) is 0 Å². The molecule has 2 heterocycles. The summed E-state index contributed by atoms with van der Waals surface area (Å²) >= 11 is 0. The van der Waals surface area contributed by atoms with Gasteiger partial charge in [-0.3, -0.25) is 4.90 Å². The van der Waals surface area contributed by atoms with E-state index in [1.54, 1.807) is 0 Å². The third kappa shape index (κ3) is 2.37. The van der Waals surface area contributed by atoms with Gasteiger partial charge in [-0.1, -0.05) is 30.3 Å². The number of nitrogens with zero attached hydrogens (tertiary/aromatic N) is 1. The van der Waals surface area contributed by atoms with Crippen LogP contribution in [0.1, 0.15) is 12.0 Å². The molecule has 0 aromatic heterocycles. The van der Waals surface area contributed by atoms with Gasteiger partial charge in [0.25, 0.3) is 0 Å². The van der Waals surface area contributed by atoms with Crippen LogP contribution in [0, 0.1) is 5.92 Å². The summed E-state index contributed by atoms with van der Waals surface area (Å²) in [6.45, 7) is 4.05. The fraction of sp³-hybridized carbons (Fsp3) is 0.571. The zero-order chi connectivity index (χ0) is 11.7. The molecule has 2 aliphatic heterocycles. The molecular weight excluding hydrogens is 212 g/mol. The first kappa shape index (κ1) is 11.2. The van der Waals surface area contributed by atoms with Crippen molar-refractivity contribution in [3.05, 3.63) is 35.9 Å². The predicted octanol–water partition coefficient (Wildman–Crippen LogP) is 0.841. The summed E-state index contributed by atoms with van der Waals surface area (Å²) in [5.41, 5.74) is 1.36. The molecule has 3 rings (SSSR count). The molecule has 0 aliphatic carbocycles. The Hall–Kier alpha value is -0.900. The summed E-state index contributed by atoms with van der Waals surface area (Å²) in [7, 11) is 0. The molecule has 1 aromatic rings. The zero-order valence-electron chi connectivity index (χ0n) is 10.0. The average Bonchev–Trinajstić information content (AvgIpc) is 2.74. The summed E-state index contributed by atoms with van der Waals surface area (Å²) in [4.78, 5) is 2.45. The number of hydrogen-bond acceptors (Lipinski definition) is 3. The van der Waals surface area contributed by atoms with Gasteiger partial charge < -0.3 is 10.4 Å². The van der Waals surface area contributed by atoms with E-state index in [1.807, 2.05) is 0 Å². The van der Waals surface area contributed by atoms with Crippen LogP contribution in [-0.2, 0) is 6.54 Å². The number of aliphatic hydroxyl groups is 1. The summed E-state index contributed by atoms with van der Waals surface area (Å²) in [5.74, 6) is 0.424. The first-order chi connectivity index (χ1) is 8.33. The number of hydrogen-bond donors (Lipinski definition) is 2. The van der Waals surface area contributed by atoms with E-state index in [2.05, 4.69) is 40.5 Å². The van der Waals surface area contributed by atoms with Crippen LogP contribution >= 0.6 is 0 Å². The van der Waals surface area contributed by atoms with Crippen molar-refractivity contribution < 1.29 is 5.11 Å². The van der Waals surface area contributed by atoms with Crippen LogP contribution in [0.5, 0.6) is 0 Å². The SMILES string of the molecule is OC1CCNC2CN(Cc3ccccc3)CC12. The van der Waals surface area contributed by atoms with Crippen molar-refractivity contribution in [1.82, 2.24) is 10.2 Å². The Morgan fingerprint density at radius 1 is 1.24 bits per heavy atom. The molecule has 2 fully saturated rings. The minimum absolute atomic E-state index is 0.109. The maximum absolute atomic E-state index is 10.00. The number of nitrogens with one attached hydrogen (secondary N) is 1. The largest absolute Gasteiger partial charge is 0.393 e. The topological polar surface area (TPSA) is 35.5 Å². The lowest BCUT2D eigenvalue weighted by Gasteiger charge is -2.30. The molecule has 2 N–H and O–H groups in total. The maximum atomic E-state index is 10.00. The number of benzene rings is 1. The quantitative estimate of drug-likeness (QED) is 0.793. The Labute approximate surface area is 102 Å². The summed E-state index contributed by atoms with van der Waals surface area (Å²) < 4.78 is 0. The molecule has 0 bridgehead atoms. The van der Waals surface area contributed by atoms with Crippen molar-refractivity contribution in [2.45, 2.75) is 25.1 Å². The summed E-state index contributed by atoms with van der Waals surface area (Å²) in [6, 6.07) is 11.1. The molecule has 17 heavy (non-hydrogen) atoms. The normalized spacial score (nSPS) is 33.6. The molecule has 3 heteroatoms. The van der Waals surface area contributed by atoms with Gasteiger partial charge in [0.15, 0.2) is 0 Å². The Bertz CT molecular complexity index is 368. The molecule has 0 saturated carbocycles. The van der Waals surface area contributed by atoms with E-state index in [4.69, 9.17) is 0 Å². The highest BCUT2D eigenvalue weighted by Crippen LogP contribution is 2.26. The number of likely N-dealkylation sites (tertiary alicyclic amines) is 1. The zero-order valence-corrected chi connectivity index (χ0v) is 10.0. The smallest absolute Gasteiger partial charge is 0.0608 e. The highest BCUT2D eigenvalue weighted by molar-refractivity contribution is 5.15. The fourth-order valence-corrected chi connectivity index (χ4v) is 3.12. The van der Waals surface area contributed by atoms with E-state index < -0.39 is 0 Å². The van der Waals surface area contributed by atoms with Crippen molar-refractivity contribution in [3.63, 3.8) is 0 Å². The molecule has 3 atom stereocenters. The second-order valence-electron chi connectivity index (χ2n) is 5.26. The lowest BCUT2D eigenvalue weighted by molar-refractivity contribution is 0.0694. The molecule has 3 unspecified atom stereocenters. The van der Waals surface area contributed by atoms with Gasteiger partial charge in [-0.15, -0.1) is 0 Å². The monoisotopic (exact) mass is 232 g/mol. The highest BCUT2D eigenvalue weighted by Gasteiger charge is 2.39. The average molecular weight is 232 g/mol. The van der Waals surface area contributed by atoms with Crippen LogP contribution in [0.4, 0.5) is 0 Å². The van der Waals surface area contributed by atoms with Crippen LogP contribution in [0.25, 0.3) is 0 Å². The van der Waals surface area contributed by atoms with Gasteiger partial charge in [-0.2, -0.15) is 0 Å². The third-order valence-electron chi connectivity index (χ3n) is 4.03. The van der Waals surface area contributed by atoms with E-state index in [0.717, 1.165) is 32.6 Å². The molecule has 2 saturated heterocycles. The second kappa shape index (κ2) is 4.77. The molecule has 1 aromatic carbocycles. The highest BCUT2D eigenvalue weighted by atomic mass is 16.3. The van der Waals surface area contributed by atoms with Crippen LogP contribution < -0.4 is 5.32 Å². The van der Waals surface area contributed by atoms with E-state index in [-0.39, 0.29) is 6.10 Å². The minimum atomic E-state index is -0.109. The predicted molar refractivity (Wildman–Crippen MR) is 67.6 cm³/mol. The maximum Gasteiger partial charge on any atom is 0.0608 e. The number of fused-ring (bicyclic) bond motifs is 1. The molecule has 0 radical (unpaired) electrons. The van der Waals surface area contributed by atoms with Crippen molar-refractivity contribution >= 4 is 0 Å². The molecule has 0 spiro atoms. The van der Waals surface area contributed by atoms with Crippen LogP contribution in [-0.4, -0.2) is 41.8 Å².